The summed E-state index contributed by atoms with van der Waals surface area (Å²) in [7, 11) is 5.71. The number of hydrogen-bond donors (Lipinski definition) is 0. The van der Waals surface area contributed by atoms with Crippen LogP contribution in [-0.4, -0.2) is 59.9 Å². The highest BCUT2D eigenvalue weighted by atomic mass is 32.1. The van der Waals surface area contributed by atoms with Crippen molar-refractivity contribution in [1.29, 1.82) is 0 Å². The second-order valence-corrected chi connectivity index (χ2v) is 7.94. The minimum absolute atomic E-state index is 0.111. The summed E-state index contributed by atoms with van der Waals surface area (Å²) < 4.78 is 8.15. The van der Waals surface area contributed by atoms with Crippen molar-refractivity contribution in [3.63, 3.8) is 0 Å². The highest BCUT2D eigenvalue weighted by molar-refractivity contribution is 7.22. The minimum Gasteiger partial charge on any atom is -0.497 e. The third kappa shape index (κ3) is 4.34. The summed E-state index contributed by atoms with van der Waals surface area (Å²) in [5.74, 6) is 0.672. The molecule has 2 aromatic heterocycles. The number of hydrogen-bond acceptors (Lipinski definition) is 6. The molecule has 0 radical (unpaired) electrons. The Labute approximate surface area is 169 Å². The fourth-order valence-corrected chi connectivity index (χ4v) is 4.06. The van der Waals surface area contributed by atoms with Crippen molar-refractivity contribution >= 4 is 32.6 Å². The van der Waals surface area contributed by atoms with E-state index >= 15 is 0 Å². The first-order valence-corrected chi connectivity index (χ1v) is 10.2. The lowest BCUT2D eigenvalue weighted by molar-refractivity contribution is 0.0980. The van der Waals surface area contributed by atoms with Crippen molar-refractivity contribution in [3.05, 3.63) is 35.7 Å². The number of aryl methyl sites for hydroxylation is 2. The van der Waals surface area contributed by atoms with Crippen LogP contribution in [-0.2, 0) is 6.54 Å². The molecule has 3 rings (SSSR count). The molecule has 0 N–H and O–H groups in total. The van der Waals surface area contributed by atoms with Gasteiger partial charge < -0.3 is 9.64 Å². The van der Waals surface area contributed by atoms with Gasteiger partial charge in [0.15, 0.2) is 10.8 Å². The fourth-order valence-electron chi connectivity index (χ4n) is 3.04. The van der Waals surface area contributed by atoms with Gasteiger partial charge in [-0.3, -0.25) is 14.4 Å². The zero-order chi connectivity index (χ0) is 20.3. The maximum Gasteiger partial charge on any atom is 0.280 e. The summed E-state index contributed by atoms with van der Waals surface area (Å²) in [4.78, 5) is 21.8. The average molecular weight is 402 g/mol. The van der Waals surface area contributed by atoms with Crippen LogP contribution in [0.15, 0.2) is 24.3 Å². The molecule has 150 valence electrons. The van der Waals surface area contributed by atoms with Crippen molar-refractivity contribution in [2.45, 2.75) is 26.8 Å². The Balaban J connectivity index is 1.94. The van der Waals surface area contributed by atoms with Gasteiger partial charge in [-0.15, -0.1) is 0 Å². The predicted molar refractivity (Wildman–Crippen MR) is 114 cm³/mol. The molecule has 0 unspecified atom stereocenters. The van der Waals surface area contributed by atoms with Gasteiger partial charge in [0.05, 0.1) is 17.3 Å². The number of aromatic nitrogens is 3. The molecule has 8 heteroatoms. The molecule has 1 aromatic carbocycles. The Morgan fingerprint density at radius 3 is 2.68 bits per heavy atom. The van der Waals surface area contributed by atoms with E-state index in [1.807, 2.05) is 56.9 Å². The third-order valence-electron chi connectivity index (χ3n) is 4.55. The van der Waals surface area contributed by atoms with Crippen LogP contribution in [0.25, 0.3) is 10.2 Å². The summed E-state index contributed by atoms with van der Waals surface area (Å²) in [6.07, 6.45) is 0.853. The SMILES string of the molecule is CCn1nc(C(=O)N(CCCN(C)C)c2nc3ccc(OC)cc3s2)cc1C. The van der Waals surface area contributed by atoms with Crippen LogP contribution >= 0.6 is 11.3 Å². The van der Waals surface area contributed by atoms with Gasteiger partial charge in [0.25, 0.3) is 5.91 Å². The second-order valence-electron chi connectivity index (χ2n) is 6.93. The van der Waals surface area contributed by atoms with E-state index in [2.05, 4.69) is 10.00 Å². The molecule has 0 fully saturated rings. The smallest absolute Gasteiger partial charge is 0.280 e. The van der Waals surface area contributed by atoms with E-state index in [9.17, 15) is 4.79 Å². The van der Waals surface area contributed by atoms with Crippen LogP contribution in [0.1, 0.15) is 29.5 Å². The van der Waals surface area contributed by atoms with Crippen LogP contribution in [0.2, 0.25) is 0 Å². The van der Waals surface area contributed by atoms with E-state index in [-0.39, 0.29) is 5.91 Å². The van der Waals surface area contributed by atoms with Gasteiger partial charge >= 0.3 is 0 Å². The number of benzene rings is 1. The van der Waals surface area contributed by atoms with Gasteiger partial charge in [-0.05, 0) is 65.2 Å². The molecule has 0 aliphatic heterocycles. The lowest BCUT2D eigenvalue weighted by atomic mass is 10.3. The normalized spacial score (nSPS) is 11.4. The number of anilines is 1. The van der Waals surface area contributed by atoms with Crippen LogP contribution < -0.4 is 9.64 Å². The molecule has 0 saturated carbocycles. The topological polar surface area (TPSA) is 63.5 Å². The number of nitrogens with zero attached hydrogens (tertiary/aromatic N) is 5. The van der Waals surface area contributed by atoms with Crippen molar-refractivity contribution in [3.8, 4) is 5.75 Å². The number of thiazole rings is 1. The second kappa shape index (κ2) is 8.70. The molecule has 2 heterocycles. The molecule has 1 amide bonds. The molecule has 3 aromatic rings. The zero-order valence-electron chi connectivity index (χ0n) is 17.1. The van der Waals surface area contributed by atoms with Crippen LogP contribution in [0.3, 0.4) is 0 Å². The number of amides is 1. The average Bonchev–Trinajstić information content (AvgIpc) is 3.26. The Morgan fingerprint density at radius 2 is 2.04 bits per heavy atom. The predicted octanol–water partition coefficient (Wildman–Crippen LogP) is 3.43. The lowest BCUT2D eigenvalue weighted by Gasteiger charge is -2.20. The van der Waals surface area contributed by atoms with Crippen LogP contribution in [0, 0.1) is 6.92 Å². The number of carbonyl (C=O) groups excluding carboxylic acids is 1. The largest absolute Gasteiger partial charge is 0.497 e. The van der Waals surface area contributed by atoms with E-state index in [0.29, 0.717) is 17.4 Å². The van der Waals surface area contributed by atoms with Gasteiger partial charge in [-0.1, -0.05) is 11.3 Å². The maximum atomic E-state index is 13.3. The Bertz CT molecular complexity index is 963. The van der Waals surface area contributed by atoms with Gasteiger partial charge in [0.2, 0.25) is 0 Å². The molecule has 7 nitrogen and oxygen atoms in total. The van der Waals surface area contributed by atoms with Crippen LogP contribution in [0.4, 0.5) is 5.13 Å². The Kier molecular flexibility index (Phi) is 6.31. The molecule has 28 heavy (non-hydrogen) atoms. The molecular weight excluding hydrogens is 374 g/mol. The summed E-state index contributed by atoms with van der Waals surface area (Å²) in [6.45, 7) is 6.20. The quantitative estimate of drug-likeness (QED) is 0.579. The zero-order valence-corrected chi connectivity index (χ0v) is 17.9. The van der Waals surface area contributed by atoms with Gasteiger partial charge in [-0.25, -0.2) is 4.98 Å². The van der Waals surface area contributed by atoms with Gasteiger partial charge in [0, 0.05) is 18.8 Å². The summed E-state index contributed by atoms with van der Waals surface area (Å²) in [6, 6.07) is 7.61. The van der Waals surface area contributed by atoms with E-state index in [0.717, 1.165) is 41.2 Å². The highest BCUT2D eigenvalue weighted by Gasteiger charge is 2.24. The maximum absolute atomic E-state index is 13.3. The van der Waals surface area contributed by atoms with E-state index in [1.165, 1.54) is 11.3 Å². The number of rotatable bonds is 8. The van der Waals surface area contributed by atoms with Crippen molar-refractivity contribution in [2.24, 2.45) is 0 Å². The number of methoxy groups -OCH3 is 1. The summed E-state index contributed by atoms with van der Waals surface area (Å²) >= 11 is 1.50. The molecule has 0 aliphatic carbocycles. The van der Waals surface area contributed by atoms with Crippen molar-refractivity contribution in [1.82, 2.24) is 19.7 Å². The molecule has 0 bridgehead atoms. The number of carbonyl (C=O) groups is 1. The first-order valence-electron chi connectivity index (χ1n) is 9.38. The van der Waals surface area contributed by atoms with Gasteiger partial charge in [0.1, 0.15) is 5.75 Å². The molecule has 0 spiro atoms. The number of ether oxygens (including phenoxy) is 1. The van der Waals surface area contributed by atoms with Crippen molar-refractivity contribution < 1.29 is 9.53 Å². The number of fused-ring (bicyclic) bond motifs is 1. The van der Waals surface area contributed by atoms with Crippen LogP contribution in [0.5, 0.6) is 5.75 Å². The van der Waals surface area contributed by atoms with Crippen molar-refractivity contribution in [2.75, 3.05) is 39.2 Å². The van der Waals surface area contributed by atoms with E-state index in [4.69, 9.17) is 9.72 Å². The monoisotopic (exact) mass is 401 g/mol. The Morgan fingerprint density at radius 1 is 1.25 bits per heavy atom. The first kappa shape index (κ1) is 20.3. The highest BCUT2D eigenvalue weighted by Crippen LogP contribution is 2.32. The van der Waals surface area contributed by atoms with Gasteiger partial charge in [-0.2, -0.15) is 5.10 Å². The standard InChI is InChI=1S/C20H27N5O2S/c1-6-25-14(2)12-17(22-25)19(26)24(11-7-10-23(3)4)20-21-16-9-8-15(27-5)13-18(16)28-20/h8-9,12-13H,6-7,10-11H2,1-5H3. The molecule has 0 saturated heterocycles. The lowest BCUT2D eigenvalue weighted by Crippen LogP contribution is -2.33. The summed E-state index contributed by atoms with van der Waals surface area (Å²) in [5.41, 5.74) is 2.30. The fraction of sp³-hybridized carbons (Fsp3) is 0.450. The van der Waals surface area contributed by atoms with E-state index < -0.39 is 0 Å². The van der Waals surface area contributed by atoms with E-state index in [1.54, 1.807) is 12.0 Å². The Hall–Kier alpha value is -2.45. The first-order chi connectivity index (χ1) is 13.4. The molecule has 0 atom stereocenters. The minimum atomic E-state index is -0.111. The third-order valence-corrected chi connectivity index (χ3v) is 5.59. The summed E-state index contributed by atoms with van der Waals surface area (Å²) in [5, 5.41) is 5.16. The molecular formula is C20H27N5O2S. The molecule has 0 aliphatic rings.